The summed E-state index contributed by atoms with van der Waals surface area (Å²) in [6.07, 6.45) is 5.73. The van der Waals surface area contributed by atoms with Gasteiger partial charge >= 0.3 is 0 Å². The van der Waals surface area contributed by atoms with E-state index in [9.17, 15) is 0 Å². The first-order chi connectivity index (χ1) is 9.27. The van der Waals surface area contributed by atoms with Crippen molar-refractivity contribution in [2.75, 3.05) is 7.11 Å². The van der Waals surface area contributed by atoms with Crippen molar-refractivity contribution in [3.63, 3.8) is 0 Å². The van der Waals surface area contributed by atoms with E-state index in [-0.39, 0.29) is 5.54 Å². The maximum atomic E-state index is 6.85. The van der Waals surface area contributed by atoms with Crippen LogP contribution in [-0.4, -0.2) is 7.11 Å². The van der Waals surface area contributed by atoms with Gasteiger partial charge in [0.05, 0.1) is 7.11 Å². The third-order valence-electron chi connectivity index (χ3n) is 4.89. The molecule has 0 aromatic heterocycles. The van der Waals surface area contributed by atoms with E-state index in [4.69, 9.17) is 10.5 Å². The molecular weight excluding hydrogens is 246 g/mol. The van der Waals surface area contributed by atoms with Crippen LogP contribution >= 0.6 is 0 Å². The molecule has 1 aromatic carbocycles. The molecule has 2 heteroatoms. The average molecular weight is 275 g/mol. The van der Waals surface area contributed by atoms with Gasteiger partial charge in [0.15, 0.2) is 0 Å². The topological polar surface area (TPSA) is 35.2 Å². The minimum atomic E-state index is -0.239. The molecule has 1 aliphatic carbocycles. The van der Waals surface area contributed by atoms with E-state index in [2.05, 4.69) is 39.8 Å². The minimum absolute atomic E-state index is 0.239. The lowest BCUT2D eigenvalue weighted by Crippen LogP contribution is -2.37. The number of nitrogens with two attached hydrogens (primary N) is 1. The highest BCUT2D eigenvalue weighted by Crippen LogP contribution is 2.45. The zero-order chi connectivity index (χ0) is 15.0. The van der Waals surface area contributed by atoms with Gasteiger partial charge in [0.2, 0.25) is 0 Å². The monoisotopic (exact) mass is 275 g/mol. The Labute approximate surface area is 123 Å². The summed E-state index contributed by atoms with van der Waals surface area (Å²) in [5.74, 6) is 0.963. The van der Waals surface area contributed by atoms with Gasteiger partial charge in [-0.1, -0.05) is 26.3 Å². The highest BCUT2D eigenvalue weighted by Gasteiger charge is 2.36. The highest BCUT2D eigenvalue weighted by atomic mass is 16.5. The summed E-state index contributed by atoms with van der Waals surface area (Å²) in [6, 6.07) is 4.34. The molecule has 1 aliphatic rings. The van der Waals surface area contributed by atoms with Gasteiger partial charge in [-0.15, -0.1) is 0 Å². The smallest absolute Gasteiger partial charge is 0.124 e. The van der Waals surface area contributed by atoms with Crippen LogP contribution in [-0.2, 0) is 5.54 Å². The van der Waals surface area contributed by atoms with Crippen LogP contribution in [0.4, 0.5) is 0 Å². The van der Waals surface area contributed by atoms with Crippen LogP contribution in [0.3, 0.4) is 0 Å². The molecule has 0 saturated heterocycles. The van der Waals surface area contributed by atoms with Crippen LogP contribution in [0, 0.1) is 19.3 Å². The molecule has 0 aliphatic heterocycles. The Morgan fingerprint density at radius 1 is 1.05 bits per heavy atom. The van der Waals surface area contributed by atoms with Gasteiger partial charge in [0.25, 0.3) is 0 Å². The largest absolute Gasteiger partial charge is 0.496 e. The molecule has 0 amide bonds. The molecule has 2 rings (SSSR count). The molecule has 0 bridgehead atoms. The second-order valence-corrected chi connectivity index (χ2v) is 7.33. The molecule has 2 nitrogen and oxygen atoms in total. The van der Waals surface area contributed by atoms with Crippen molar-refractivity contribution >= 4 is 0 Å². The number of methoxy groups -OCH3 is 1. The quantitative estimate of drug-likeness (QED) is 0.809. The number of aryl methyl sites for hydroxylation is 2. The van der Waals surface area contributed by atoms with Gasteiger partial charge in [-0.3, -0.25) is 0 Å². The maximum absolute atomic E-state index is 6.85. The molecule has 20 heavy (non-hydrogen) atoms. The number of benzene rings is 1. The zero-order valence-electron chi connectivity index (χ0n) is 13.7. The van der Waals surface area contributed by atoms with Crippen LogP contribution < -0.4 is 10.5 Å². The van der Waals surface area contributed by atoms with Crippen molar-refractivity contribution < 1.29 is 4.74 Å². The van der Waals surface area contributed by atoms with Crippen LogP contribution in [0.1, 0.15) is 62.6 Å². The molecule has 1 atom stereocenters. The molecular formula is C18H29NO. The number of rotatable bonds is 2. The standard InChI is InChI=1S/C18H29NO/c1-13-11-14(2)16(15(12-13)20-5)18(19)8-6-7-17(3,4)9-10-18/h11-12H,6-10,19H2,1-5H3. The molecule has 0 spiro atoms. The van der Waals surface area contributed by atoms with E-state index in [0.29, 0.717) is 5.41 Å². The summed E-state index contributed by atoms with van der Waals surface area (Å²) < 4.78 is 5.64. The normalized spacial score (nSPS) is 26.1. The van der Waals surface area contributed by atoms with Gasteiger partial charge in [-0.2, -0.15) is 0 Å². The summed E-state index contributed by atoms with van der Waals surface area (Å²) >= 11 is 0. The van der Waals surface area contributed by atoms with Gasteiger partial charge in [0, 0.05) is 11.1 Å². The van der Waals surface area contributed by atoms with Crippen LogP contribution in [0.15, 0.2) is 12.1 Å². The summed E-state index contributed by atoms with van der Waals surface area (Å²) in [6.45, 7) is 8.99. The fourth-order valence-corrected chi connectivity index (χ4v) is 3.67. The van der Waals surface area contributed by atoms with Crippen molar-refractivity contribution in [1.29, 1.82) is 0 Å². The molecule has 1 aromatic rings. The van der Waals surface area contributed by atoms with Crippen molar-refractivity contribution in [1.82, 2.24) is 0 Å². The van der Waals surface area contributed by atoms with Gasteiger partial charge in [0.1, 0.15) is 5.75 Å². The van der Waals surface area contributed by atoms with Crippen molar-refractivity contribution in [3.05, 3.63) is 28.8 Å². The van der Waals surface area contributed by atoms with Gasteiger partial charge < -0.3 is 10.5 Å². The minimum Gasteiger partial charge on any atom is -0.496 e. The maximum Gasteiger partial charge on any atom is 0.124 e. The lowest BCUT2D eigenvalue weighted by atomic mass is 9.79. The van der Waals surface area contributed by atoms with Crippen LogP contribution in [0.25, 0.3) is 0 Å². The predicted octanol–water partition coefficient (Wildman–Crippen LogP) is 4.46. The number of ether oxygens (including phenoxy) is 1. The molecule has 1 fully saturated rings. The van der Waals surface area contributed by atoms with Crippen molar-refractivity contribution in [2.45, 2.75) is 65.3 Å². The zero-order valence-corrected chi connectivity index (χ0v) is 13.7. The van der Waals surface area contributed by atoms with E-state index in [0.717, 1.165) is 18.6 Å². The Morgan fingerprint density at radius 2 is 1.75 bits per heavy atom. The predicted molar refractivity (Wildman–Crippen MR) is 85.2 cm³/mol. The third-order valence-corrected chi connectivity index (χ3v) is 4.89. The lowest BCUT2D eigenvalue weighted by molar-refractivity contribution is 0.295. The SMILES string of the molecule is COc1cc(C)cc(C)c1C1(N)CCCC(C)(C)CC1. The fraction of sp³-hybridized carbons (Fsp3) is 0.667. The van der Waals surface area contributed by atoms with Crippen molar-refractivity contribution in [3.8, 4) is 5.75 Å². The Bertz CT molecular complexity index is 492. The highest BCUT2D eigenvalue weighted by molar-refractivity contribution is 5.47. The second kappa shape index (κ2) is 5.40. The Morgan fingerprint density at radius 3 is 2.40 bits per heavy atom. The van der Waals surface area contributed by atoms with E-state index >= 15 is 0 Å². The van der Waals surface area contributed by atoms with Gasteiger partial charge in [-0.05, 0) is 62.1 Å². The van der Waals surface area contributed by atoms with E-state index in [1.54, 1.807) is 7.11 Å². The van der Waals surface area contributed by atoms with Crippen LogP contribution in [0.2, 0.25) is 0 Å². The molecule has 1 saturated carbocycles. The fourth-order valence-electron chi connectivity index (χ4n) is 3.67. The summed E-state index contributed by atoms with van der Waals surface area (Å²) in [7, 11) is 1.75. The third kappa shape index (κ3) is 3.01. The summed E-state index contributed by atoms with van der Waals surface area (Å²) in [5.41, 5.74) is 10.7. The molecule has 1 unspecified atom stereocenters. The van der Waals surface area contributed by atoms with E-state index < -0.39 is 0 Å². The average Bonchev–Trinajstić information content (AvgIpc) is 2.48. The molecule has 0 radical (unpaired) electrons. The summed E-state index contributed by atoms with van der Waals surface area (Å²) in [5, 5.41) is 0. The molecule has 2 N–H and O–H groups in total. The first kappa shape index (κ1) is 15.4. The Kier molecular flexibility index (Phi) is 4.15. The number of hydrogen-bond donors (Lipinski definition) is 1. The van der Waals surface area contributed by atoms with E-state index in [1.807, 2.05) is 0 Å². The first-order valence-corrected chi connectivity index (χ1v) is 7.72. The van der Waals surface area contributed by atoms with Gasteiger partial charge in [-0.25, -0.2) is 0 Å². The van der Waals surface area contributed by atoms with E-state index in [1.165, 1.54) is 36.0 Å². The Hall–Kier alpha value is -1.02. The van der Waals surface area contributed by atoms with Crippen LogP contribution in [0.5, 0.6) is 5.75 Å². The molecule has 0 heterocycles. The lowest BCUT2D eigenvalue weighted by Gasteiger charge is -2.33. The summed E-state index contributed by atoms with van der Waals surface area (Å²) in [4.78, 5) is 0. The second-order valence-electron chi connectivity index (χ2n) is 7.33. The first-order valence-electron chi connectivity index (χ1n) is 7.72. The number of hydrogen-bond acceptors (Lipinski definition) is 2. The molecule has 112 valence electrons. The Balaban J connectivity index is 2.44. The van der Waals surface area contributed by atoms with Crippen molar-refractivity contribution in [2.24, 2.45) is 11.1 Å².